The molecule has 0 unspecified atom stereocenters. The van der Waals surface area contributed by atoms with Gasteiger partial charge in [0.1, 0.15) is 0 Å². The Labute approximate surface area is 147 Å². The van der Waals surface area contributed by atoms with Crippen LogP contribution in [0, 0.1) is 5.41 Å². The Hall–Kier alpha value is -1.17. The summed E-state index contributed by atoms with van der Waals surface area (Å²) in [6.45, 7) is 6.96. The second kappa shape index (κ2) is 7.16. The van der Waals surface area contributed by atoms with Crippen LogP contribution in [0.15, 0.2) is 64.0 Å². The first kappa shape index (κ1) is 18.2. The fourth-order valence-electron chi connectivity index (χ4n) is 2.30. The number of nitrogens with zero attached hydrogens (tertiary/aromatic N) is 1. The van der Waals surface area contributed by atoms with E-state index in [4.69, 9.17) is 0 Å². The van der Waals surface area contributed by atoms with E-state index in [1.807, 2.05) is 51.1 Å². The van der Waals surface area contributed by atoms with Gasteiger partial charge in [0, 0.05) is 17.6 Å². The van der Waals surface area contributed by atoms with Gasteiger partial charge in [0.15, 0.2) is 0 Å². The first-order chi connectivity index (χ1) is 10.7. The Morgan fingerprint density at radius 1 is 0.957 bits per heavy atom. The van der Waals surface area contributed by atoms with Crippen LogP contribution in [-0.2, 0) is 16.6 Å². The molecule has 0 amide bonds. The van der Waals surface area contributed by atoms with Crippen molar-refractivity contribution in [3.8, 4) is 0 Å². The smallest absolute Gasteiger partial charge is 0.207 e. The Morgan fingerprint density at radius 2 is 1.52 bits per heavy atom. The summed E-state index contributed by atoms with van der Waals surface area (Å²) in [6, 6.07) is 16.5. The summed E-state index contributed by atoms with van der Waals surface area (Å²) in [4.78, 5) is 0.320. The van der Waals surface area contributed by atoms with Gasteiger partial charge in [-0.1, -0.05) is 67.0 Å². The molecule has 0 aliphatic carbocycles. The molecule has 2 aromatic rings. The van der Waals surface area contributed by atoms with E-state index < -0.39 is 10.0 Å². The van der Waals surface area contributed by atoms with E-state index >= 15 is 0 Å². The summed E-state index contributed by atoms with van der Waals surface area (Å²) < 4.78 is 28.5. The lowest BCUT2D eigenvalue weighted by molar-refractivity contribution is 0.277. The lowest BCUT2D eigenvalue weighted by Crippen LogP contribution is -2.37. The molecule has 0 saturated carbocycles. The SMILES string of the molecule is CC(C)(C)CN(Cc1ccccc1)S(=O)(=O)c1ccc(Br)cc1. The van der Waals surface area contributed by atoms with Crippen LogP contribution in [0.1, 0.15) is 26.3 Å². The van der Waals surface area contributed by atoms with Crippen LogP contribution in [0.4, 0.5) is 0 Å². The normalized spacial score (nSPS) is 12.6. The Bertz CT molecular complexity index is 735. The summed E-state index contributed by atoms with van der Waals surface area (Å²) >= 11 is 3.34. The Morgan fingerprint density at radius 3 is 2.04 bits per heavy atom. The largest absolute Gasteiger partial charge is 0.243 e. The molecule has 0 radical (unpaired) electrons. The van der Waals surface area contributed by atoms with Crippen molar-refractivity contribution in [2.75, 3.05) is 6.54 Å². The van der Waals surface area contributed by atoms with Crippen molar-refractivity contribution < 1.29 is 8.42 Å². The first-order valence-electron chi connectivity index (χ1n) is 7.48. The Balaban J connectivity index is 2.37. The standard InChI is InChI=1S/C18H22BrNO2S/c1-18(2,3)14-20(13-15-7-5-4-6-8-15)23(21,22)17-11-9-16(19)10-12-17/h4-12H,13-14H2,1-3H3. The summed E-state index contributed by atoms with van der Waals surface area (Å²) in [6.07, 6.45) is 0. The van der Waals surface area contributed by atoms with Crippen molar-refractivity contribution in [3.05, 3.63) is 64.6 Å². The molecule has 0 saturated heterocycles. The highest BCUT2D eigenvalue weighted by molar-refractivity contribution is 9.10. The van der Waals surface area contributed by atoms with Crippen molar-refractivity contribution >= 4 is 26.0 Å². The molecule has 23 heavy (non-hydrogen) atoms. The number of halogens is 1. The third-order valence-corrected chi connectivity index (χ3v) is 5.64. The highest BCUT2D eigenvalue weighted by Crippen LogP contribution is 2.25. The first-order valence-corrected chi connectivity index (χ1v) is 9.71. The quantitative estimate of drug-likeness (QED) is 0.736. The van der Waals surface area contributed by atoms with Gasteiger partial charge in [-0.15, -0.1) is 0 Å². The van der Waals surface area contributed by atoms with Gasteiger partial charge in [-0.3, -0.25) is 0 Å². The average molecular weight is 396 g/mol. The fraction of sp³-hybridized carbons (Fsp3) is 0.333. The molecule has 0 bridgehead atoms. The molecule has 3 nitrogen and oxygen atoms in total. The molecule has 0 atom stereocenters. The molecule has 2 aromatic carbocycles. The monoisotopic (exact) mass is 395 g/mol. The van der Waals surface area contributed by atoms with Crippen molar-refractivity contribution in [1.82, 2.24) is 4.31 Å². The van der Waals surface area contributed by atoms with Crippen LogP contribution in [-0.4, -0.2) is 19.3 Å². The van der Waals surface area contributed by atoms with Crippen LogP contribution in [0.3, 0.4) is 0 Å². The molecule has 0 spiro atoms. The maximum atomic E-state index is 13.0. The second-order valence-corrected chi connectivity index (χ2v) is 9.63. The molecular weight excluding hydrogens is 374 g/mol. The number of rotatable bonds is 5. The molecule has 0 heterocycles. The predicted molar refractivity (Wildman–Crippen MR) is 97.6 cm³/mol. The zero-order valence-corrected chi connectivity index (χ0v) is 16.1. The van der Waals surface area contributed by atoms with Crippen molar-refractivity contribution in [2.24, 2.45) is 5.41 Å². The van der Waals surface area contributed by atoms with Crippen LogP contribution in [0.2, 0.25) is 0 Å². The van der Waals surface area contributed by atoms with Crippen molar-refractivity contribution in [3.63, 3.8) is 0 Å². The van der Waals surface area contributed by atoms with E-state index in [-0.39, 0.29) is 5.41 Å². The molecule has 0 aliphatic heterocycles. The molecule has 2 rings (SSSR count). The topological polar surface area (TPSA) is 37.4 Å². The van der Waals surface area contributed by atoms with E-state index in [1.165, 1.54) is 0 Å². The minimum Gasteiger partial charge on any atom is -0.207 e. The number of sulfonamides is 1. The average Bonchev–Trinajstić information content (AvgIpc) is 2.47. The van der Waals surface area contributed by atoms with E-state index in [1.54, 1.807) is 28.6 Å². The molecule has 0 aliphatic rings. The van der Waals surface area contributed by atoms with Crippen LogP contribution in [0.5, 0.6) is 0 Å². The van der Waals surface area contributed by atoms with Gasteiger partial charge in [0.05, 0.1) is 4.90 Å². The molecule has 0 N–H and O–H groups in total. The number of benzene rings is 2. The van der Waals surface area contributed by atoms with Gasteiger partial charge >= 0.3 is 0 Å². The fourth-order valence-corrected chi connectivity index (χ4v) is 4.22. The van der Waals surface area contributed by atoms with Crippen molar-refractivity contribution in [1.29, 1.82) is 0 Å². The summed E-state index contributed by atoms with van der Waals surface area (Å²) in [7, 11) is -3.54. The van der Waals surface area contributed by atoms with Crippen LogP contribution >= 0.6 is 15.9 Å². The maximum Gasteiger partial charge on any atom is 0.243 e. The minimum atomic E-state index is -3.54. The van der Waals surface area contributed by atoms with Crippen LogP contribution in [0.25, 0.3) is 0 Å². The van der Waals surface area contributed by atoms with Gasteiger partial charge in [-0.25, -0.2) is 8.42 Å². The highest BCUT2D eigenvalue weighted by Gasteiger charge is 2.28. The van der Waals surface area contributed by atoms with E-state index in [9.17, 15) is 8.42 Å². The Kier molecular flexibility index (Phi) is 5.65. The zero-order valence-electron chi connectivity index (χ0n) is 13.7. The molecule has 5 heteroatoms. The van der Waals surface area contributed by atoms with Crippen LogP contribution < -0.4 is 0 Å². The maximum absolute atomic E-state index is 13.0. The predicted octanol–water partition coefficient (Wildman–Crippen LogP) is 4.69. The van der Waals surface area contributed by atoms with Gasteiger partial charge in [0.25, 0.3) is 0 Å². The van der Waals surface area contributed by atoms with Crippen molar-refractivity contribution in [2.45, 2.75) is 32.2 Å². The summed E-state index contributed by atoms with van der Waals surface area (Å²) in [5.74, 6) is 0. The van der Waals surface area contributed by atoms with Gasteiger partial charge in [-0.2, -0.15) is 4.31 Å². The van der Waals surface area contributed by atoms with E-state index in [2.05, 4.69) is 15.9 Å². The highest BCUT2D eigenvalue weighted by atomic mass is 79.9. The molecule has 0 aromatic heterocycles. The second-order valence-electron chi connectivity index (χ2n) is 6.77. The molecule has 0 fully saturated rings. The van der Waals surface area contributed by atoms with Gasteiger partial charge in [0.2, 0.25) is 10.0 Å². The summed E-state index contributed by atoms with van der Waals surface area (Å²) in [5, 5.41) is 0. The third kappa shape index (κ3) is 5.16. The number of hydrogen-bond acceptors (Lipinski definition) is 2. The number of hydrogen-bond donors (Lipinski definition) is 0. The minimum absolute atomic E-state index is 0.128. The lowest BCUT2D eigenvalue weighted by atomic mass is 9.97. The van der Waals surface area contributed by atoms with E-state index in [0.29, 0.717) is 18.0 Å². The van der Waals surface area contributed by atoms with Gasteiger partial charge < -0.3 is 0 Å². The molecule has 124 valence electrons. The van der Waals surface area contributed by atoms with E-state index in [0.717, 1.165) is 10.0 Å². The lowest BCUT2D eigenvalue weighted by Gasteiger charge is -2.29. The zero-order chi connectivity index (χ0) is 17.1. The third-order valence-electron chi connectivity index (χ3n) is 3.30. The van der Waals surface area contributed by atoms with Gasteiger partial charge in [-0.05, 0) is 35.2 Å². The molecular formula is C18H22BrNO2S. The summed E-state index contributed by atoms with van der Waals surface area (Å²) in [5.41, 5.74) is 0.856.